The van der Waals surface area contributed by atoms with Crippen LogP contribution in [0, 0.1) is 6.57 Å². The maximum Gasteiger partial charge on any atom is 0.188 e. The standard InChI is InChI=1S/C43H25N3O/c1-44-29-18-20-41-35(25-29)34-13-4-7-16-40(34)45(41)30-10-8-9-27(23-30)28-17-21-42-36(24-28)37-26-31(19-22-43(37)47-42)46-38-14-5-2-11-32(38)33-12-3-6-15-39(33)46/h2-26H. The fourth-order valence-corrected chi connectivity index (χ4v) is 7.42. The molecule has 10 rings (SSSR count). The zero-order chi connectivity index (χ0) is 31.1. The van der Waals surface area contributed by atoms with Crippen LogP contribution in [0.3, 0.4) is 0 Å². The first-order chi connectivity index (χ1) is 23.2. The van der Waals surface area contributed by atoms with Crippen molar-refractivity contribution in [3.05, 3.63) is 163 Å². The Bertz CT molecular complexity index is 2880. The van der Waals surface area contributed by atoms with Crippen LogP contribution in [0.2, 0.25) is 0 Å². The highest BCUT2D eigenvalue weighted by Gasteiger charge is 2.16. The zero-order valence-corrected chi connectivity index (χ0v) is 25.2. The third-order valence-corrected chi connectivity index (χ3v) is 9.51. The van der Waals surface area contributed by atoms with E-state index in [4.69, 9.17) is 11.0 Å². The van der Waals surface area contributed by atoms with Gasteiger partial charge >= 0.3 is 0 Å². The first kappa shape index (κ1) is 25.7. The largest absolute Gasteiger partial charge is 0.456 e. The van der Waals surface area contributed by atoms with Gasteiger partial charge in [0.05, 0.1) is 28.6 Å². The molecule has 0 atom stereocenters. The molecule has 3 aromatic heterocycles. The van der Waals surface area contributed by atoms with E-state index in [1.54, 1.807) is 0 Å². The van der Waals surface area contributed by atoms with Gasteiger partial charge in [0.15, 0.2) is 5.69 Å². The van der Waals surface area contributed by atoms with Gasteiger partial charge < -0.3 is 13.6 Å². The minimum absolute atomic E-state index is 0.649. The molecule has 0 bridgehead atoms. The number of para-hydroxylation sites is 3. The van der Waals surface area contributed by atoms with Crippen molar-refractivity contribution in [2.45, 2.75) is 0 Å². The summed E-state index contributed by atoms with van der Waals surface area (Å²) in [5.74, 6) is 0. The summed E-state index contributed by atoms with van der Waals surface area (Å²) < 4.78 is 11.0. The van der Waals surface area contributed by atoms with Crippen LogP contribution in [0.4, 0.5) is 5.69 Å². The molecule has 0 N–H and O–H groups in total. The Morgan fingerprint density at radius 3 is 1.64 bits per heavy atom. The summed E-state index contributed by atoms with van der Waals surface area (Å²) in [6, 6.07) is 53.3. The molecule has 0 aliphatic carbocycles. The van der Waals surface area contributed by atoms with Gasteiger partial charge in [0, 0.05) is 38.3 Å². The van der Waals surface area contributed by atoms with Gasteiger partial charge in [-0.25, -0.2) is 4.85 Å². The van der Waals surface area contributed by atoms with Crippen LogP contribution >= 0.6 is 0 Å². The molecule has 0 amide bonds. The molecule has 0 spiro atoms. The van der Waals surface area contributed by atoms with Gasteiger partial charge in [-0.2, -0.15) is 0 Å². The summed E-state index contributed by atoms with van der Waals surface area (Å²) in [6.07, 6.45) is 0. The van der Waals surface area contributed by atoms with Crippen molar-refractivity contribution in [1.82, 2.24) is 9.13 Å². The molecule has 0 fully saturated rings. The van der Waals surface area contributed by atoms with Crippen LogP contribution in [0.15, 0.2) is 156 Å². The van der Waals surface area contributed by atoms with Gasteiger partial charge in [-0.05, 0) is 89.3 Å². The Balaban J connectivity index is 1.14. The molecule has 0 aliphatic rings. The molecule has 0 saturated carbocycles. The summed E-state index contributed by atoms with van der Waals surface area (Å²) in [6.45, 7) is 7.54. The average Bonchev–Trinajstić information content (AvgIpc) is 3.78. The molecule has 0 radical (unpaired) electrons. The van der Waals surface area contributed by atoms with E-state index >= 15 is 0 Å². The van der Waals surface area contributed by atoms with Gasteiger partial charge in [0.1, 0.15) is 11.2 Å². The van der Waals surface area contributed by atoms with Gasteiger partial charge in [-0.15, -0.1) is 0 Å². The Hall–Kier alpha value is -6.57. The second kappa shape index (κ2) is 9.71. The molecular formula is C43H25N3O. The van der Waals surface area contributed by atoms with E-state index in [-0.39, 0.29) is 0 Å². The molecule has 3 heterocycles. The second-order valence-corrected chi connectivity index (χ2v) is 12.1. The third-order valence-electron chi connectivity index (χ3n) is 9.51. The average molecular weight is 600 g/mol. The van der Waals surface area contributed by atoms with E-state index in [9.17, 15) is 0 Å². The first-order valence-electron chi connectivity index (χ1n) is 15.7. The lowest BCUT2D eigenvalue weighted by Gasteiger charge is -2.11. The van der Waals surface area contributed by atoms with E-state index in [2.05, 4.69) is 154 Å². The number of nitrogens with zero attached hydrogens (tertiary/aromatic N) is 3. The van der Waals surface area contributed by atoms with Crippen molar-refractivity contribution in [3.8, 4) is 22.5 Å². The number of aromatic nitrogens is 2. The zero-order valence-electron chi connectivity index (χ0n) is 25.2. The molecule has 0 saturated heterocycles. The molecule has 4 nitrogen and oxygen atoms in total. The third kappa shape index (κ3) is 3.75. The van der Waals surface area contributed by atoms with Crippen molar-refractivity contribution < 1.29 is 4.42 Å². The van der Waals surface area contributed by atoms with Crippen molar-refractivity contribution in [2.75, 3.05) is 0 Å². The maximum atomic E-state index is 7.54. The highest BCUT2D eigenvalue weighted by Crippen LogP contribution is 2.38. The fraction of sp³-hybridized carbons (Fsp3) is 0. The Morgan fingerprint density at radius 1 is 0.404 bits per heavy atom. The highest BCUT2D eigenvalue weighted by molar-refractivity contribution is 6.12. The van der Waals surface area contributed by atoms with Crippen molar-refractivity contribution in [1.29, 1.82) is 0 Å². The highest BCUT2D eigenvalue weighted by atomic mass is 16.3. The SMILES string of the molecule is [C-]#[N+]c1ccc2c(c1)c1ccccc1n2-c1cccc(-c2ccc3oc4ccc(-n5c6ccccc6c6ccccc65)cc4c3c2)c1. The smallest absolute Gasteiger partial charge is 0.188 e. The number of hydrogen-bond donors (Lipinski definition) is 0. The molecule has 0 unspecified atom stereocenters. The monoisotopic (exact) mass is 599 g/mol. The summed E-state index contributed by atoms with van der Waals surface area (Å²) in [5, 5.41) is 6.91. The topological polar surface area (TPSA) is 27.4 Å². The molecule has 218 valence electrons. The predicted octanol–water partition coefficient (Wildman–Crippen LogP) is 12.0. The molecule has 47 heavy (non-hydrogen) atoms. The van der Waals surface area contributed by atoms with Crippen LogP contribution in [0.25, 0.3) is 92.9 Å². The van der Waals surface area contributed by atoms with Crippen LogP contribution in [-0.4, -0.2) is 9.13 Å². The van der Waals surface area contributed by atoms with E-state index in [1.165, 1.54) is 21.8 Å². The van der Waals surface area contributed by atoms with Crippen LogP contribution < -0.4 is 0 Å². The van der Waals surface area contributed by atoms with E-state index in [1.807, 2.05) is 12.1 Å². The first-order valence-corrected chi connectivity index (χ1v) is 15.7. The maximum absolute atomic E-state index is 7.54. The number of hydrogen-bond acceptors (Lipinski definition) is 1. The number of rotatable bonds is 3. The van der Waals surface area contributed by atoms with Crippen LogP contribution in [0.1, 0.15) is 0 Å². The van der Waals surface area contributed by atoms with E-state index in [0.29, 0.717) is 5.69 Å². The Kier molecular flexibility index (Phi) is 5.32. The van der Waals surface area contributed by atoms with Gasteiger partial charge in [-0.1, -0.05) is 78.9 Å². The number of furan rings is 1. The lowest BCUT2D eigenvalue weighted by Crippen LogP contribution is -1.94. The van der Waals surface area contributed by atoms with Crippen molar-refractivity contribution >= 4 is 71.2 Å². The summed E-state index contributed by atoms with van der Waals surface area (Å²) >= 11 is 0. The van der Waals surface area contributed by atoms with Crippen molar-refractivity contribution in [3.63, 3.8) is 0 Å². The van der Waals surface area contributed by atoms with Gasteiger partial charge in [-0.3, -0.25) is 0 Å². The van der Waals surface area contributed by atoms with Gasteiger partial charge in [0.2, 0.25) is 0 Å². The Morgan fingerprint density at radius 2 is 0.957 bits per heavy atom. The second-order valence-electron chi connectivity index (χ2n) is 12.1. The molecular weight excluding hydrogens is 574 g/mol. The number of benzene rings is 7. The fourth-order valence-electron chi connectivity index (χ4n) is 7.42. The quantitative estimate of drug-likeness (QED) is 0.186. The summed E-state index contributed by atoms with van der Waals surface area (Å²) in [4.78, 5) is 3.68. The van der Waals surface area contributed by atoms with Crippen LogP contribution in [-0.2, 0) is 0 Å². The minimum atomic E-state index is 0.649. The molecule has 0 aliphatic heterocycles. The van der Waals surface area contributed by atoms with Crippen LogP contribution in [0.5, 0.6) is 0 Å². The lowest BCUT2D eigenvalue weighted by atomic mass is 10.0. The molecule has 7 aromatic carbocycles. The van der Waals surface area contributed by atoms with E-state index in [0.717, 1.165) is 66.2 Å². The normalized spacial score (nSPS) is 11.8. The number of fused-ring (bicyclic) bond motifs is 9. The summed E-state index contributed by atoms with van der Waals surface area (Å²) in [7, 11) is 0. The summed E-state index contributed by atoms with van der Waals surface area (Å²) in [5.41, 5.74) is 11.4. The lowest BCUT2D eigenvalue weighted by molar-refractivity contribution is 0.669. The Labute approximate surface area is 269 Å². The van der Waals surface area contributed by atoms with Gasteiger partial charge in [0.25, 0.3) is 0 Å². The minimum Gasteiger partial charge on any atom is -0.456 e. The predicted molar refractivity (Wildman–Crippen MR) is 194 cm³/mol. The van der Waals surface area contributed by atoms with Crippen molar-refractivity contribution in [2.24, 2.45) is 0 Å². The molecule has 10 aromatic rings. The van der Waals surface area contributed by atoms with E-state index < -0.39 is 0 Å². The molecule has 4 heteroatoms.